The van der Waals surface area contributed by atoms with Crippen LogP contribution < -0.4 is 4.90 Å². The summed E-state index contributed by atoms with van der Waals surface area (Å²) in [6, 6.07) is 5.81. The average Bonchev–Trinajstić information content (AvgIpc) is 3.57. The van der Waals surface area contributed by atoms with Crippen molar-refractivity contribution in [2.45, 2.75) is 57.3 Å². The number of hydrogen-bond acceptors (Lipinski definition) is 6. The van der Waals surface area contributed by atoms with Crippen molar-refractivity contribution in [2.24, 2.45) is 0 Å². The van der Waals surface area contributed by atoms with Crippen molar-refractivity contribution < 1.29 is 22.3 Å². The van der Waals surface area contributed by atoms with E-state index >= 15 is 4.39 Å². The van der Waals surface area contributed by atoms with E-state index in [1.807, 2.05) is 41.6 Å². The van der Waals surface area contributed by atoms with Gasteiger partial charge in [-0.1, -0.05) is 25.1 Å². The number of imidazole rings is 1. The largest absolute Gasteiger partial charge is 0.419 e. The normalized spacial score (nSPS) is 22.8. The molecule has 2 unspecified atom stereocenters. The average molecular weight is 600 g/mol. The zero-order valence-corrected chi connectivity index (χ0v) is 24.0. The number of nitrogens with one attached hydrogen (secondary N) is 1. The van der Waals surface area contributed by atoms with Crippen LogP contribution in [-0.2, 0) is 41.3 Å². The number of H-pyrrole nitrogens is 1. The van der Waals surface area contributed by atoms with Crippen LogP contribution in [0.1, 0.15) is 65.8 Å². The molecule has 7 rings (SSSR count). The fraction of sp³-hybridized carbons (Fsp3) is 0.379. The standard InChI is InChI=1S/C29H26ClF4N7O/c1-5-14-7-6-8-16-19-21(31)28(3,42-4)23-22(37-25(30)38-23)27(19,2)24-17-13-40(10-9-18(17)39-41(24)20(14)16)26-35-11-15(12-36-26)29(32,33)34/h6-8,11-12H,5,9-10,13H2,1-4H3,(H,37,38). The Kier molecular flexibility index (Phi) is 5.72. The molecule has 5 heterocycles. The van der Waals surface area contributed by atoms with E-state index in [1.165, 1.54) is 7.11 Å². The zero-order chi connectivity index (χ0) is 29.8. The molecule has 0 saturated heterocycles. The summed E-state index contributed by atoms with van der Waals surface area (Å²) in [4.78, 5) is 17.5. The van der Waals surface area contributed by atoms with Crippen molar-refractivity contribution in [2.75, 3.05) is 18.6 Å². The first-order valence-electron chi connectivity index (χ1n) is 13.5. The van der Waals surface area contributed by atoms with Crippen LogP contribution in [0.2, 0.25) is 5.28 Å². The number of nitrogens with zero attached hydrogens (tertiary/aromatic N) is 6. The van der Waals surface area contributed by atoms with Crippen LogP contribution in [-0.4, -0.2) is 43.4 Å². The molecule has 0 bridgehead atoms. The Bertz CT molecular complexity index is 1790. The predicted molar refractivity (Wildman–Crippen MR) is 147 cm³/mol. The minimum atomic E-state index is -4.54. The van der Waals surface area contributed by atoms with Crippen molar-refractivity contribution in [1.29, 1.82) is 0 Å². The quantitative estimate of drug-likeness (QED) is 0.288. The fourth-order valence-electron chi connectivity index (χ4n) is 6.73. The van der Waals surface area contributed by atoms with E-state index in [0.717, 1.165) is 40.6 Å². The number of hydrogen-bond donors (Lipinski definition) is 1. The van der Waals surface area contributed by atoms with Crippen LogP contribution in [0, 0.1) is 0 Å². The summed E-state index contributed by atoms with van der Waals surface area (Å²) >= 11 is 6.43. The molecule has 1 aliphatic carbocycles. The molecule has 1 aromatic carbocycles. The van der Waals surface area contributed by atoms with Crippen molar-refractivity contribution in [3.63, 3.8) is 0 Å². The minimum Gasteiger partial charge on any atom is -0.365 e. The van der Waals surface area contributed by atoms with E-state index in [4.69, 9.17) is 21.4 Å². The minimum absolute atomic E-state index is 0.103. The Morgan fingerprint density at radius 1 is 1.17 bits per heavy atom. The second kappa shape index (κ2) is 8.87. The molecule has 3 aromatic heterocycles. The van der Waals surface area contributed by atoms with E-state index in [1.54, 1.807) is 6.92 Å². The maximum atomic E-state index is 17.0. The van der Waals surface area contributed by atoms with Crippen molar-refractivity contribution in [3.8, 4) is 5.69 Å². The number of allylic oxidation sites excluding steroid dienone is 1. The molecule has 1 N–H and O–H groups in total. The summed E-state index contributed by atoms with van der Waals surface area (Å²) in [6.45, 7) is 6.32. The number of halogens is 5. The monoisotopic (exact) mass is 599 g/mol. The molecule has 13 heteroatoms. The number of aromatic amines is 1. The van der Waals surface area contributed by atoms with Crippen LogP contribution in [0.5, 0.6) is 0 Å². The lowest BCUT2D eigenvalue weighted by Crippen LogP contribution is -2.44. The second-order valence-corrected chi connectivity index (χ2v) is 11.5. The van der Waals surface area contributed by atoms with Crippen LogP contribution in [0.15, 0.2) is 36.4 Å². The SMILES string of the molecule is CCc1cccc2c1-n1nc3c(c1C1(C)C2=C(F)C(C)(OC)c2nc(Cl)[nH]c21)CN(c1ncc(C(F)(F)F)cn1)CC3. The number of aryl methyl sites for hydroxylation is 1. The van der Waals surface area contributed by atoms with E-state index in [-0.39, 0.29) is 17.8 Å². The van der Waals surface area contributed by atoms with E-state index < -0.39 is 28.6 Å². The van der Waals surface area contributed by atoms with Crippen LogP contribution in [0.25, 0.3) is 11.3 Å². The Balaban J connectivity index is 1.49. The van der Waals surface area contributed by atoms with E-state index in [2.05, 4.69) is 19.9 Å². The van der Waals surface area contributed by atoms with Crippen LogP contribution >= 0.6 is 11.6 Å². The molecule has 0 amide bonds. The molecule has 2 atom stereocenters. The number of alkyl halides is 3. The van der Waals surface area contributed by atoms with Gasteiger partial charge in [0.25, 0.3) is 0 Å². The highest BCUT2D eigenvalue weighted by Crippen LogP contribution is 2.60. The highest BCUT2D eigenvalue weighted by atomic mass is 35.5. The van der Waals surface area contributed by atoms with Gasteiger partial charge in [0.15, 0.2) is 5.60 Å². The summed E-state index contributed by atoms with van der Waals surface area (Å²) in [5, 5.41) is 5.17. The molecule has 42 heavy (non-hydrogen) atoms. The third-order valence-corrected chi connectivity index (χ3v) is 9.09. The maximum absolute atomic E-state index is 17.0. The second-order valence-electron chi connectivity index (χ2n) is 11.1. The van der Waals surface area contributed by atoms with Gasteiger partial charge in [0.1, 0.15) is 11.5 Å². The van der Waals surface area contributed by atoms with E-state index in [0.29, 0.717) is 41.9 Å². The number of para-hydroxylation sites is 1. The van der Waals surface area contributed by atoms with Gasteiger partial charge in [-0.3, -0.25) is 0 Å². The third-order valence-electron chi connectivity index (χ3n) is 8.91. The van der Waals surface area contributed by atoms with Crippen molar-refractivity contribution >= 4 is 23.1 Å². The highest BCUT2D eigenvalue weighted by molar-refractivity contribution is 6.28. The summed E-state index contributed by atoms with van der Waals surface area (Å²) in [7, 11) is 1.44. The molecular weight excluding hydrogens is 574 g/mol. The number of ether oxygens (including phenoxy) is 1. The summed E-state index contributed by atoms with van der Waals surface area (Å²) < 4.78 is 64.2. The first-order valence-corrected chi connectivity index (χ1v) is 13.9. The molecule has 3 aliphatic rings. The predicted octanol–water partition coefficient (Wildman–Crippen LogP) is 6.06. The molecule has 0 spiro atoms. The molecule has 218 valence electrons. The van der Waals surface area contributed by atoms with Crippen LogP contribution in [0.3, 0.4) is 0 Å². The molecule has 4 aromatic rings. The van der Waals surface area contributed by atoms with E-state index in [9.17, 15) is 13.2 Å². The van der Waals surface area contributed by atoms with Gasteiger partial charge in [0.05, 0.1) is 33.7 Å². The van der Waals surface area contributed by atoms with Gasteiger partial charge in [-0.25, -0.2) is 24.0 Å². The molecule has 8 nitrogen and oxygen atoms in total. The summed E-state index contributed by atoms with van der Waals surface area (Å²) in [5.74, 6) is -0.301. The maximum Gasteiger partial charge on any atom is 0.419 e. The molecule has 0 saturated carbocycles. The van der Waals surface area contributed by atoms with Gasteiger partial charge < -0.3 is 14.6 Å². The number of methoxy groups -OCH3 is 1. The Labute approximate surface area is 243 Å². The molecule has 0 radical (unpaired) electrons. The first kappa shape index (κ1) is 27.1. The Hall–Kier alpha value is -3.77. The van der Waals surface area contributed by atoms with Gasteiger partial charge in [-0.05, 0) is 37.4 Å². The zero-order valence-electron chi connectivity index (χ0n) is 23.2. The van der Waals surface area contributed by atoms with Gasteiger partial charge in [0.2, 0.25) is 11.2 Å². The number of rotatable bonds is 3. The lowest BCUT2D eigenvalue weighted by Gasteiger charge is -2.46. The fourth-order valence-corrected chi connectivity index (χ4v) is 6.91. The number of anilines is 1. The summed E-state index contributed by atoms with van der Waals surface area (Å²) in [6.07, 6.45) is -1.78. The number of fused-ring (bicyclic) bond motifs is 10. The van der Waals surface area contributed by atoms with Gasteiger partial charge in [-0.2, -0.15) is 18.3 Å². The number of aromatic nitrogens is 6. The Morgan fingerprint density at radius 3 is 2.57 bits per heavy atom. The topological polar surface area (TPSA) is 84.8 Å². The highest BCUT2D eigenvalue weighted by Gasteiger charge is 2.57. The van der Waals surface area contributed by atoms with Gasteiger partial charge in [0, 0.05) is 55.7 Å². The van der Waals surface area contributed by atoms with Crippen LogP contribution in [0.4, 0.5) is 23.5 Å². The lowest BCUT2D eigenvalue weighted by atomic mass is 9.63. The third kappa shape index (κ3) is 3.45. The molecule has 2 aliphatic heterocycles. The Morgan fingerprint density at radius 2 is 1.90 bits per heavy atom. The van der Waals surface area contributed by atoms with Gasteiger partial charge in [-0.15, -0.1) is 0 Å². The number of benzene rings is 1. The van der Waals surface area contributed by atoms with Crippen molar-refractivity contribution in [1.82, 2.24) is 29.7 Å². The molecular formula is C29H26ClF4N7O. The smallest absolute Gasteiger partial charge is 0.365 e. The van der Waals surface area contributed by atoms with Crippen molar-refractivity contribution in [3.05, 3.63) is 86.7 Å². The first-order chi connectivity index (χ1) is 19.9. The summed E-state index contributed by atoms with van der Waals surface area (Å²) in [5.41, 5.74) is 2.70. The van der Waals surface area contributed by atoms with Gasteiger partial charge >= 0.3 is 6.18 Å². The molecule has 0 fully saturated rings. The lowest BCUT2D eigenvalue weighted by molar-refractivity contribution is -0.138.